The average molecular weight is 344 g/mol. The first-order chi connectivity index (χ1) is 11.2. The number of unbranched alkanes of at least 4 members (excludes halogenated alkanes) is 2. The summed E-state index contributed by atoms with van der Waals surface area (Å²) in [4.78, 5) is 4.38. The quantitative estimate of drug-likeness (QED) is 0.382. The van der Waals surface area contributed by atoms with E-state index < -0.39 is 8.80 Å². The molecule has 134 valence electrons. The Morgan fingerprint density at radius 3 is 2.17 bits per heavy atom. The third-order valence-electron chi connectivity index (χ3n) is 3.65. The number of nitrogens with zero attached hydrogens (tertiary/aromatic N) is 3. The van der Waals surface area contributed by atoms with Gasteiger partial charge in [-0.15, -0.1) is 0 Å². The monoisotopic (exact) mass is 343 g/mol. The Morgan fingerprint density at radius 1 is 0.957 bits per heavy atom. The van der Waals surface area contributed by atoms with Gasteiger partial charge in [-0.2, -0.15) is 5.10 Å². The second kappa shape index (κ2) is 11.7. The first-order valence-electron chi connectivity index (χ1n) is 8.99. The molecule has 0 unspecified atom stereocenters. The van der Waals surface area contributed by atoms with Gasteiger partial charge in [0.2, 0.25) is 0 Å². The highest BCUT2D eigenvalue weighted by atomic mass is 28.4. The molecule has 1 aromatic rings. The molecule has 7 heteroatoms. The van der Waals surface area contributed by atoms with Crippen LogP contribution < -0.4 is 0 Å². The topological polar surface area (TPSA) is 58.4 Å². The lowest BCUT2D eigenvalue weighted by Crippen LogP contribution is -2.46. The highest BCUT2D eigenvalue weighted by Gasteiger charge is 2.39. The van der Waals surface area contributed by atoms with Gasteiger partial charge in [0.15, 0.2) is 0 Å². The normalized spacial score (nSPS) is 12.0. The molecule has 0 saturated heterocycles. The molecule has 0 saturated carbocycles. The van der Waals surface area contributed by atoms with Crippen LogP contribution in [0.4, 0.5) is 0 Å². The van der Waals surface area contributed by atoms with E-state index in [-0.39, 0.29) is 0 Å². The van der Waals surface area contributed by atoms with Crippen molar-refractivity contribution in [3.63, 3.8) is 0 Å². The third kappa shape index (κ3) is 7.11. The molecule has 1 heterocycles. The molecule has 0 aliphatic heterocycles. The minimum atomic E-state index is -2.54. The maximum Gasteiger partial charge on any atom is 0.500 e. The van der Waals surface area contributed by atoms with Crippen molar-refractivity contribution < 1.29 is 13.3 Å². The fourth-order valence-corrected chi connectivity index (χ4v) is 5.24. The fraction of sp³-hybridized carbons (Fsp3) is 0.875. The Hall–Kier alpha value is -0.763. The van der Waals surface area contributed by atoms with Crippen molar-refractivity contribution in [3.8, 4) is 0 Å². The van der Waals surface area contributed by atoms with E-state index in [0.717, 1.165) is 31.3 Å². The lowest BCUT2D eigenvalue weighted by molar-refractivity contribution is 0.0704. The number of hydrogen-bond donors (Lipinski definition) is 0. The van der Waals surface area contributed by atoms with Crippen molar-refractivity contribution >= 4 is 8.80 Å². The average Bonchev–Trinajstić information content (AvgIpc) is 2.96. The summed E-state index contributed by atoms with van der Waals surface area (Å²) < 4.78 is 19.7. The highest BCUT2D eigenvalue weighted by molar-refractivity contribution is 6.60. The van der Waals surface area contributed by atoms with E-state index in [1.165, 1.54) is 19.3 Å². The van der Waals surface area contributed by atoms with Crippen LogP contribution in [0.2, 0.25) is 6.04 Å². The number of rotatable bonds is 14. The van der Waals surface area contributed by atoms with Crippen molar-refractivity contribution in [1.82, 2.24) is 14.8 Å². The van der Waals surface area contributed by atoms with Crippen molar-refractivity contribution in [2.75, 3.05) is 19.8 Å². The standard InChI is InChI=1S/C16H33N3O3Si/c1-5-9-10-12-16-17-15-18-19(16)13-11-14-23(20-6-2,21-7-3)22-8-4/h15H,5-14H2,1-4H3. The molecule has 0 atom stereocenters. The van der Waals surface area contributed by atoms with Crippen molar-refractivity contribution in [3.05, 3.63) is 12.2 Å². The van der Waals surface area contributed by atoms with Gasteiger partial charge in [-0.25, -0.2) is 4.98 Å². The predicted molar refractivity (Wildman–Crippen MR) is 93.3 cm³/mol. The Morgan fingerprint density at radius 2 is 1.61 bits per heavy atom. The fourth-order valence-electron chi connectivity index (χ4n) is 2.65. The number of aryl methyl sites for hydroxylation is 2. The number of hydrogen-bond acceptors (Lipinski definition) is 5. The van der Waals surface area contributed by atoms with Gasteiger partial charge in [-0.05, 0) is 33.6 Å². The highest BCUT2D eigenvalue weighted by Crippen LogP contribution is 2.19. The van der Waals surface area contributed by atoms with E-state index in [1.54, 1.807) is 6.33 Å². The van der Waals surface area contributed by atoms with Crippen LogP contribution in [-0.2, 0) is 26.2 Å². The molecule has 6 nitrogen and oxygen atoms in total. The first kappa shape index (κ1) is 20.3. The zero-order valence-electron chi connectivity index (χ0n) is 15.2. The maximum absolute atomic E-state index is 5.89. The second-order valence-electron chi connectivity index (χ2n) is 5.44. The molecule has 0 amide bonds. The van der Waals surface area contributed by atoms with E-state index in [4.69, 9.17) is 13.3 Å². The molecule has 1 aromatic heterocycles. The summed E-state index contributed by atoms with van der Waals surface area (Å²) in [7, 11) is -2.54. The summed E-state index contributed by atoms with van der Waals surface area (Å²) in [6.07, 6.45) is 7.21. The minimum absolute atomic E-state index is 0.623. The summed E-state index contributed by atoms with van der Waals surface area (Å²) in [5.74, 6) is 1.08. The Labute approximate surface area is 141 Å². The summed E-state index contributed by atoms with van der Waals surface area (Å²) in [5, 5.41) is 4.35. The van der Waals surface area contributed by atoms with E-state index >= 15 is 0 Å². The van der Waals surface area contributed by atoms with Crippen LogP contribution in [0.3, 0.4) is 0 Å². The van der Waals surface area contributed by atoms with Crippen molar-refractivity contribution in [1.29, 1.82) is 0 Å². The van der Waals surface area contributed by atoms with Crippen LogP contribution in [-0.4, -0.2) is 43.4 Å². The van der Waals surface area contributed by atoms with E-state index in [9.17, 15) is 0 Å². The molecule has 0 aliphatic carbocycles. The Bertz CT molecular complexity index is 398. The van der Waals surface area contributed by atoms with Crippen LogP contribution >= 0.6 is 0 Å². The summed E-state index contributed by atoms with van der Waals surface area (Å²) in [6.45, 7) is 10.9. The van der Waals surface area contributed by atoms with E-state index in [2.05, 4.69) is 17.0 Å². The lowest BCUT2D eigenvalue weighted by atomic mass is 10.2. The van der Waals surface area contributed by atoms with Gasteiger partial charge >= 0.3 is 8.80 Å². The van der Waals surface area contributed by atoms with Crippen molar-refractivity contribution in [2.45, 2.75) is 72.4 Å². The van der Waals surface area contributed by atoms with Crippen LogP contribution in [0.15, 0.2) is 6.33 Å². The molecule has 1 rings (SSSR count). The van der Waals surface area contributed by atoms with Crippen LogP contribution in [0, 0.1) is 0 Å². The molecule has 0 N–H and O–H groups in total. The van der Waals surface area contributed by atoms with Gasteiger partial charge in [0, 0.05) is 38.8 Å². The van der Waals surface area contributed by atoms with Gasteiger partial charge in [-0.3, -0.25) is 4.68 Å². The molecule has 0 fully saturated rings. The van der Waals surface area contributed by atoms with Gasteiger partial charge < -0.3 is 13.3 Å². The molecule has 0 radical (unpaired) electrons. The largest absolute Gasteiger partial charge is 0.500 e. The second-order valence-corrected chi connectivity index (χ2v) is 8.17. The zero-order chi connectivity index (χ0) is 17.0. The van der Waals surface area contributed by atoms with Crippen LogP contribution in [0.1, 0.15) is 59.2 Å². The molecule has 0 spiro atoms. The number of aromatic nitrogens is 3. The van der Waals surface area contributed by atoms with Crippen molar-refractivity contribution in [2.24, 2.45) is 0 Å². The zero-order valence-corrected chi connectivity index (χ0v) is 16.2. The lowest BCUT2D eigenvalue weighted by Gasteiger charge is -2.28. The molecular weight excluding hydrogens is 310 g/mol. The first-order valence-corrected chi connectivity index (χ1v) is 10.9. The van der Waals surface area contributed by atoms with Gasteiger partial charge in [0.25, 0.3) is 0 Å². The van der Waals surface area contributed by atoms with Gasteiger partial charge in [0.1, 0.15) is 12.2 Å². The van der Waals surface area contributed by atoms with Crippen LogP contribution in [0.5, 0.6) is 0 Å². The Kier molecular flexibility index (Phi) is 10.3. The van der Waals surface area contributed by atoms with Gasteiger partial charge in [-0.1, -0.05) is 19.8 Å². The van der Waals surface area contributed by atoms with E-state index in [1.807, 2.05) is 25.5 Å². The van der Waals surface area contributed by atoms with Gasteiger partial charge in [0.05, 0.1) is 0 Å². The molecule has 23 heavy (non-hydrogen) atoms. The van der Waals surface area contributed by atoms with Crippen LogP contribution in [0.25, 0.3) is 0 Å². The summed E-state index contributed by atoms with van der Waals surface area (Å²) in [6, 6.07) is 0.816. The predicted octanol–water partition coefficient (Wildman–Crippen LogP) is 3.45. The summed E-state index contributed by atoms with van der Waals surface area (Å²) in [5.41, 5.74) is 0. The molecule has 0 aromatic carbocycles. The summed E-state index contributed by atoms with van der Waals surface area (Å²) >= 11 is 0. The smallest absolute Gasteiger partial charge is 0.374 e. The minimum Gasteiger partial charge on any atom is -0.374 e. The maximum atomic E-state index is 5.89. The van der Waals surface area contributed by atoms with E-state index in [0.29, 0.717) is 19.8 Å². The SMILES string of the molecule is CCCCCc1ncnn1CCC[Si](OCC)(OCC)OCC. The third-order valence-corrected chi connectivity index (χ3v) is 6.80. The Balaban J connectivity index is 2.53. The molecular formula is C16H33N3O3Si. The molecule has 0 aliphatic rings. The molecule has 0 bridgehead atoms.